The van der Waals surface area contributed by atoms with E-state index < -0.39 is 10.0 Å². The van der Waals surface area contributed by atoms with Crippen molar-refractivity contribution in [2.24, 2.45) is 5.84 Å². The van der Waals surface area contributed by atoms with Crippen LogP contribution in [0.5, 0.6) is 0 Å². The van der Waals surface area contributed by atoms with Gasteiger partial charge in [0.25, 0.3) is 0 Å². The van der Waals surface area contributed by atoms with Crippen LogP contribution >= 0.6 is 0 Å². The minimum absolute atomic E-state index is 0.0204. The van der Waals surface area contributed by atoms with Crippen LogP contribution in [-0.4, -0.2) is 42.0 Å². The molecule has 4 N–H and O–H groups in total. The van der Waals surface area contributed by atoms with Crippen LogP contribution in [0.15, 0.2) is 23.2 Å². The molecule has 0 amide bonds. The van der Waals surface area contributed by atoms with E-state index in [1.54, 1.807) is 0 Å². The normalized spacial score (nSPS) is 15.9. The number of hydrogen-bond donors (Lipinski definition) is 3. The summed E-state index contributed by atoms with van der Waals surface area (Å²) < 4.78 is 26.2. The molecule has 100 valence electrons. The second kappa shape index (κ2) is 5.19. The van der Waals surface area contributed by atoms with E-state index in [4.69, 9.17) is 10.9 Å². The molecule has 1 aromatic heterocycles. The number of nitrogens with zero attached hydrogens (tertiary/aromatic N) is 2. The lowest BCUT2D eigenvalue weighted by Crippen LogP contribution is -2.36. The number of hydrazine groups is 1. The molecule has 0 saturated heterocycles. The Bertz CT molecular complexity index is 516. The van der Waals surface area contributed by atoms with Gasteiger partial charge < -0.3 is 10.5 Å². The molecule has 7 nitrogen and oxygen atoms in total. The molecular weight excluding hydrogens is 256 g/mol. The fourth-order valence-electron chi connectivity index (χ4n) is 1.79. The third-order valence-corrected chi connectivity index (χ3v) is 4.75. The topological polar surface area (TPSA) is 109 Å². The molecule has 0 spiro atoms. The van der Waals surface area contributed by atoms with Crippen LogP contribution in [0.1, 0.15) is 12.8 Å². The molecule has 1 saturated carbocycles. The second-order valence-electron chi connectivity index (χ2n) is 4.07. The highest BCUT2D eigenvalue weighted by Gasteiger charge is 2.38. The summed E-state index contributed by atoms with van der Waals surface area (Å²) in [5.74, 6) is 5.38. The summed E-state index contributed by atoms with van der Waals surface area (Å²) in [6.45, 7) is -0.118. The van der Waals surface area contributed by atoms with E-state index in [-0.39, 0.29) is 29.9 Å². The largest absolute Gasteiger partial charge is 0.395 e. The summed E-state index contributed by atoms with van der Waals surface area (Å²) in [4.78, 5) is 3.92. The molecule has 1 aliphatic carbocycles. The molecule has 1 fully saturated rings. The SMILES string of the molecule is NNc1ncccc1S(=O)(=O)N(CCO)C1CC1. The third kappa shape index (κ3) is 2.46. The van der Waals surface area contributed by atoms with Gasteiger partial charge in [0, 0.05) is 18.8 Å². The maximum Gasteiger partial charge on any atom is 0.247 e. The van der Waals surface area contributed by atoms with E-state index in [1.807, 2.05) is 0 Å². The average molecular weight is 272 g/mol. The van der Waals surface area contributed by atoms with Crippen molar-refractivity contribution in [3.63, 3.8) is 0 Å². The molecule has 1 heterocycles. The maximum absolute atomic E-state index is 12.5. The van der Waals surface area contributed by atoms with Gasteiger partial charge in [-0.05, 0) is 25.0 Å². The predicted molar refractivity (Wildman–Crippen MR) is 66.0 cm³/mol. The summed E-state index contributed by atoms with van der Waals surface area (Å²) in [6.07, 6.45) is 3.11. The quantitative estimate of drug-likeness (QED) is 0.476. The number of anilines is 1. The number of rotatable bonds is 6. The zero-order chi connectivity index (χ0) is 13.2. The van der Waals surface area contributed by atoms with Gasteiger partial charge in [-0.25, -0.2) is 19.2 Å². The number of nitrogens with two attached hydrogens (primary N) is 1. The molecule has 0 aromatic carbocycles. The van der Waals surface area contributed by atoms with E-state index >= 15 is 0 Å². The first-order valence-corrected chi connectivity index (χ1v) is 7.09. The monoisotopic (exact) mass is 272 g/mol. The van der Waals surface area contributed by atoms with Gasteiger partial charge in [-0.15, -0.1) is 0 Å². The maximum atomic E-state index is 12.5. The van der Waals surface area contributed by atoms with Crippen LogP contribution in [0.4, 0.5) is 5.82 Å². The number of pyridine rings is 1. The second-order valence-corrected chi connectivity index (χ2v) is 5.92. The van der Waals surface area contributed by atoms with Crippen LogP contribution in [0, 0.1) is 0 Å². The first-order valence-electron chi connectivity index (χ1n) is 5.65. The van der Waals surface area contributed by atoms with Crippen molar-refractivity contribution >= 4 is 15.8 Å². The van der Waals surface area contributed by atoms with Crippen molar-refractivity contribution in [2.75, 3.05) is 18.6 Å². The molecule has 1 aromatic rings. The number of aliphatic hydroxyl groups excluding tert-OH is 1. The van der Waals surface area contributed by atoms with Gasteiger partial charge in [0.2, 0.25) is 10.0 Å². The van der Waals surface area contributed by atoms with Crippen molar-refractivity contribution in [3.05, 3.63) is 18.3 Å². The highest BCUT2D eigenvalue weighted by atomic mass is 32.2. The Morgan fingerprint density at radius 2 is 2.28 bits per heavy atom. The Labute approximate surface area is 106 Å². The van der Waals surface area contributed by atoms with Gasteiger partial charge in [-0.3, -0.25) is 0 Å². The Kier molecular flexibility index (Phi) is 3.81. The number of aromatic nitrogens is 1. The van der Waals surface area contributed by atoms with Gasteiger partial charge in [0.15, 0.2) is 5.82 Å². The number of aliphatic hydroxyl groups is 1. The van der Waals surface area contributed by atoms with Crippen LogP contribution in [-0.2, 0) is 10.0 Å². The molecule has 0 atom stereocenters. The Morgan fingerprint density at radius 3 is 2.83 bits per heavy atom. The summed E-state index contributed by atoms with van der Waals surface area (Å²) in [6, 6.07) is 2.97. The summed E-state index contributed by atoms with van der Waals surface area (Å²) in [5, 5.41) is 8.99. The average Bonchev–Trinajstić information content (AvgIpc) is 3.19. The number of hydrogen-bond acceptors (Lipinski definition) is 6. The van der Waals surface area contributed by atoms with Crippen LogP contribution in [0.25, 0.3) is 0 Å². The third-order valence-electron chi connectivity index (χ3n) is 2.77. The lowest BCUT2D eigenvalue weighted by molar-refractivity contribution is 0.250. The molecule has 0 bridgehead atoms. The van der Waals surface area contributed by atoms with Crippen LogP contribution < -0.4 is 11.3 Å². The first kappa shape index (κ1) is 13.2. The standard InChI is InChI=1S/C10H16N4O3S/c11-13-10-9(2-1-5-12-10)18(16,17)14(6-7-15)8-3-4-8/h1-2,5,8,15H,3-4,6-7,11H2,(H,12,13). The van der Waals surface area contributed by atoms with E-state index in [1.165, 1.54) is 22.6 Å². The van der Waals surface area contributed by atoms with Crippen molar-refractivity contribution in [1.82, 2.24) is 9.29 Å². The van der Waals surface area contributed by atoms with Gasteiger partial charge >= 0.3 is 0 Å². The molecule has 8 heteroatoms. The molecule has 0 unspecified atom stereocenters. The van der Waals surface area contributed by atoms with Crippen LogP contribution in [0.2, 0.25) is 0 Å². The van der Waals surface area contributed by atoms with E-state index in [2.05, 4.69) is 10.4 Å². The van der Waals surface area contributed by atoms with Gasteiger partial charge in [0.1, 0.15) is 4.90 Å². The smallest absolute Gasteiger partial charge is 0.247 e. The molecule has 18 heavy (non-hydrogen) atoms. The Hall–Kier alpha value is -1.22. The van der Waals surface area contributed by atoms with Gasteiger partial charge in [-0.1, -0.05) is 0 Å². The van der Waals surface area contributed by atoms with E-state index in [0.717, 1.165) is 12.8 Å². The minimum atomic E-state index is -3.67. The molecule has 2 rings (SSSR count). The van der Waals surface area contributed by atoms with Gasteiger partial charge in [0.05, 0.1) is 6.61 Å². The summed E-state index contributed by atoms with van der Waals surface area (Å²) >= 11 is 0. The van der Waals surface area contributed by atoms with E-state index in [9.17, 15) is 8.42 Å². The highest BCUT2D eigenvalue weighted by Crippen LogP contribution is 2.33. The Balaban J connectivity index is 2.39. The van der Waals surface area contributed by atoms with Crippen LogP contribution in [0.3, 0.4) is 0 Å². The molecule has 0 aliphatic heterocycles. The number of sulfonamides is 1. The summed E-state index contributed by atoms with van der Waals surface area (Å²) in [5.41, 5.74) is 2.28. The van der Waals surface area contributed by atoms with E-state index in [0.29, 0.717) is 0 Å². The van der Waals surface area contributed by atoms with Crippen molar-refractivity contribution < 1.29 is 13.5 Å². The fraction of sp³-hybridized carbons (Fsp3) is 0.500. The number of nitrogen functional groups attached to an aromatic ring is 1. The zero-order valence-corrected chi connectivity index (χ0v) is 10.6. The molecular formula is C10H16N4O3S. The lowest BCUT2D eigenvalue weighted by Gasteiger charge is -2.21. The molecule has 1 aliphatic rings. The van der Waals surface area contributed by atoms with Crippen molar-refractivity contribution in [2.45, 2.75) is 23.8 Å². The fourth-order valence-corrected chi connectivity index (χ4v) is 3.58. The first-order chi connectivity index (χ1) is 8.61. The minimum Gasteiger partial charge on any atom is -0.395 e. The van der Waals surface area contributed by atoms with Crippen molar-refractivity contribution in [3.8, 4) is 0 Å². The van der Waals surface area contributed by atoms with Crippen molar-refractivity contribution in [1.29, 1.82) is 0 Å². The van der Waals surface area contributed by atoms with Gasteiger partial charge in [-0.2, -0.15) is 4.31 Å². The highest BCUT2D eigenvalue weighted by molar-refractivity contribution is 7.89. The predicted octanol–water partition coefficient (Wildman–Crippen LogP) is -0.487. The molecule has 0 radical (unpaired) electrons. The zero-order valence-electron chi connectivity index (χ0n) is 9.78. The Morgan fingerprint density at radius 1 is 1.56 bits per heavy atom. The summed E-state index contributed by atoms with van der Waals surface area (Å²) in [7, 11) is -3.67. The lowest BCUT2D eigenvalue weighted by atomic mass is 10.5. The number of nitrogens with one attached hydrogen (secondary N) is 1.